The Balaban J connectivity index is 2.37. The van der Waals surface area contributed by atoms with E-state index in [-0.39, 0.29) is 21.6 Å². The number of hydrogen-bond acceptors (Lipinski definition) is 6. The fraction of sp³-hybridized carbons (Fsp3) is 0.167. The van der Waals surface area contributed by atoms with E-state index in [1.54, 1.807) is 6.92 Å². The van der Waals surface area contributed by atoms with Crippen molar-refractivity contribution in [1.82, 2.24) is 9.97 Å². The van der Waals surface area contributed by atoms with Gasteiger partial charge in [-0.15, -0.1) is 0 Å². The Hall–Kier alpha value is -2.06. The molecule has 0 spiro atoms. The van der Waals surface area contributed by atoms with Crippen molar-refractivity contribution < 1.29 is 13.2 Å². The minimum absolute atomic E-state index is 0.0197. The number of ether oxygens (including phenoxy) is 1. The quantitative estimate of drug-likeness (QED) is 0.641. The van der Waals surface area contributed by atoms with Crippen LogP contribution < -0.4 is 15.2 Å². The molecular weight excluding hydrogens is 316 g/mol. The van der Waals surface area contributed by atoms with Gasteiger partial charge in [-0.25, -0.2) is 18.4 Å². The average molecular weight is 329 g/mol. The Labute approximate surface area is 127 Å². The summed E-state index contributed by atoms with van der Waals surface area (Å²) < 4.78 is 32.1. The highest BCUT2D eigenvalue weighted by atomic mass is 35.5. The van der Waals surface area contributed by atoms with Gasteiger partial charge in [0.05, 0.1) is 11.5 Å². The second-order valence-corrected chi connectivity index (χ2v) is 5.99. The third kappa shape index (κ3) is 3.53. The van der Waals surface area contributed by atoms with Crippen LogP contribution in [-0.4, -0.2) is 25.0 Å². The molecule has 9 heteroatoms. The monoisotopic (exact) mass is 328 g/mol. The number of nitrogen functional groups attached to an aromatic ring is 1. The zero-order valence-corrected chi connectivity index (χ0v) is 12.6. The van der Waals surface area contributed by atoms with Crippen LogP contribution in [0.15, 0.2) is 35.5 Å². The van der Waals surface area contributed by atoms with Crippen LogP contribution in [0.5, 0.6) is 5.75 Å². The number of sulfonamides is 1. The Kier molecular flexibility index (Phi) is 4.49. The highest BCUT2D eigenvalue weighted by molar-refractivity contribution is 7.92. The second-order valence-electron chi connectivity index (χ2n) is 3.95. The fourth-order valence-electron chi connectivity index (χ4n) is 1.53. The van der Waals surface area contributed by atoms with Gasteiger partial charge in [0.2, 0.25) is 0 Å². The van der Waals surface area contributed by atoms with Gasteiger partial charge < -0.3 is 10.5 Å². The molecule has 1 heterocycles. The highest BCUT2D eigenvalue weighted by Gasteiger charge is 2.19. The Morgan fingerprint density at radius 3 is 2.57 bits per heavy atom. The number of anilines is 2. The van der Waals surface area contributed by atoms with E-state index < -0.39 is 10.0 Å². The van der Waals surface area contributed by atoms with Crippen molar-refractivity contribution in [1.29, 1.82) is 0 Å². The van der Waals surface area contributed by atoms with Gasteiger partial charge in [0.15, 0.2) is 16.7 Å². The summed E-state index contributed by atoms with van der Waals surface area (Å²) in [4.78, 5) is 7.65. The second kappa shape index (κ2) is 6.15. The van der Waals surface area contributed by atoms with Gasteiger partial charge >= 0.3 is 0 Å². The molecule has 0 atom stereocenters. The number of nitrogens with one attached hydrogen (secondary N) is 1. The zero-order chi connectivity index (χ0) is 15.5. The first-order valence-corrected chi connectivity index (χ1v) is 7.82. The molecule has 0 saturated heterocycles. The van der Waals surface area contributed by atoms with Crippen molar-refractivity contribution in [3.05, 3.63) is 35.7 Å². The third-order valence-electron chi connectivity index (χ3n) is 2.47. The molecule has 0 radical (unpaired) electrons. The summed E-state index contributed by atoms with van der Waals surface area (Å²) in [6.07, 6.45) is 1.14. The first kappa shape index (κ1) is 15.3. The maximum Gasteiger partial charge on any atom is 0.263 e. The molecule has 0 aliphatic carbocycles. The van der Waals surface area contributed by atoms with Crippen molar-refractivity contribution >= 4 is 33.1 Å². The van der Waals surface area contributed by atoms with Crippen LogP contribution in [0, 0.1) is 0 Å². The summed E-state index contributed by atoms with van der Waals surface area (Å²) in [6, 6.07) is 5.76. The molecule has 0 aliphatic rings. The zero-order valence-electron chi connectivity index (χ0n) is 11.1. The summed E-state index contributed by atoms with van der Waals surface area (Å²) in [5.41, 5.74) is 6.00. The van der Waals surface area contributed by atoms with Gasteiger partial charge in [0, 0.05) is 5.69 Å². The topological polar surface area (TPSA) is 107 Å². The van der Waals surface area contributed by atoms with Crippen LogP contribution in [0.4, 0.5) is 11.5 Å². The minimum Gasteiger partial charge on any atom is -0.487 e. The van der Waals surface area contributed by atoms with Crippen LogP contribution >= 0.6 is 11.6 Å². The molecule has 0 saturated carbocycles. The summed E-state index contributed by atoms with van der Waals surface area (Å²) in [5, 5.41) is 0.0295. The molecule has 0 unspecified atom stereocenters. The van der Waals surface area contributed by atoms with E-state index in [2.05, 4.69) is 14.7 Å². The van der Waals surface area contributed by atoms with Gasteiger partial charge in [0.1, 0.15) is 6.33 Å². The Morgan fingerprint density at radius 2 is 1.95 bits per heavy atom. The lowest BCUT2D eigenvalue weighted by atomic mass is 10.3. The molecule has 3 N–H and O–H groups in total. The van der Waals surface area contributed by atoms with Crippen molar-refractivity contribution in [3.63, 3.8) is 0 Å². The van der Waals surface area contributed by atoms with Crippen molar-refractivity contribution in [2.24, 2.45) is 0 Å². The van der Waals surface area contributed by atoms with Crippen molar-refractivity contribution in [3.8, 4) is 5.75 Å². The lowest BCUT2D eigenvalue weighted by Crippen LogP contribution is -2.15. The molecule has 2 aromatic rings. The number of halogens is 1. The van der Waals surface area contributed by atoms with Gasteiger partial charge in [-0.3, -0.25) is 4.72 Å². The highest BCUT2D eigenvalue weighted by Crippen LogP contribution is 2.30. The number of aromatic nitrogens is 2. The first-order valence-electron chi connectivity index (χ1n) is 5.95. The van der Waals surface area contributed by atoms with E-state index in [0.29, 0.717) is 12.3 Å². The molecule has 1 aromatic heterocycles. The molecule has 0 bridgehead atoms. The molecule has 0 amide bonds. The van der Waals surface area contributed by atoms with Gasteiger partial charge in [-0.05, 0) is 31.2 Å². The largest absolute Gasteiger partial charge is 0.487 e. The molecule has 112 valence electrons. The van der Waals surface area contributed by atoms with Crippen LogP contribution in [0.3, 0.4) is 0 Å². The lowest BCUT2D eigenvalue weighted by molar-refractivity contribution is 0.339. The number of hydrogen-bond donors (Lipinski definition) is 2. The van der Waals surface area contributed by atoms with Crippen LogP contribution in [0.25, 0.3) is 0 Å². The number of nitrogens with two attached hydrogens (primary N) is 1. The van der Waals surface area contributed by atoms with Crippen molar-refractivity contribution in [2.45, 2.75) is 11.8 Å². The summed E-state index contributed by atoms with van der Waals surface area (Å²) in [7, 11) is -3.82. The van der Waals surface area contributed by atoms with Crippen LogP contribution in [-0.2, 0) is 10.0 Å². The number of nitrogens with zero attached hydrogens (tertiary/aromatic N) is 2. The van der Waals surface area contributed by atoms with Gasteiger partial charge in [-0.2, -0.15) is 0 Å². The summed E-state index contributed by atoms with van der Waals surface area (Å²) in [6.45, 7) is 2.03. The molecule has 0 aliphatic heterocycles. The first-order chi connectivity index (χ1) is 9.94. The number of benzene rings is 1. The Bertz CT molecular complexity index is 735. The lowest BCUT2D eigenvalue weighted by Gasteiger charge is -2.12. The fourth-order valence-corrected chi connectivity index (χ4v) is 2.73. The Morgan fingerprint density at radius 1 is 1.29 bits per heavy atom. The SMILES string of the molecule is CCOc1c(Cl)ncnc1NS(=O)(=O)c1ccc(N)cc1. The van der Waals surface area contributed by atoms with Crippen LogP contribution in [0.2, 0.25) is 5.15 Å². The number of rotatable bonds is 5. The van der Waals surface area contributed by atoms with E-state index in [9.17, 15) is 8.42 Å². The van der Waals surface area contributed by atoms with Gasteiger partial charge in [-0.1, -0.05) is 11.6 Å². The molecule has 1 aromatic carbocycles. The molecule has 2 rings (SSSR count). The standard InChI is InChI=1S/C12H13ClN4O3S/c1-2-20-10-11(13)15-7-16-12(10)17-21(18,19)9-5-3-8(14)4-6-9/h3-7H,2,14H2,1H3,(H,15,16,17). The van der Waals surface area contributed by atoms with E-state index in [4.69, 9.17) is 22.1 Å². The van der Waals surface area contributed by atoms with Gasteiger partial charge in [0.25, 0.3) is 10.0 Å². The minimum atomic E-state index is -3.82. The summed E-state index contributed by atoms with van der Waals surface area (Å²) in [5.74, 6) is 0.0642. The average Bonchev–Trinajstić information content (AvgIpc) is 2.43. The maximum absolute atomic E-state index is 12.3. The third-order valence-corrected chi connectivity index (χ3v) is 4.09. The predicted molar refractivity (Wildman–Crippen MR) is 79.9 cm³/mol. The molecule has 7 nitrogen and oxygen atoms in total. The van der Waals surface area contributed by atoms with Crippen molar-refractivity contribution in [2.75, 3.05) is 17.1 Å². The maximum atomic E-state index is 12.3. The van der Waals surface area contributed by atoms with E-state index in [1.165, 1.54) is 24.3 Å². The molecule has 0 fully saturated rings. The van der Waals surface area contributed by atoms with E-state index in [0.717, 1.165) is 6.33 Å². The predicted octanol–water partition coefficient (Wildman–Crippen LogP) is 1.91. The van der Waals surface area contributed by atoms with E-state index in [1.807, 2.05) is 0 Å². The van der Waals surface area contributed by atoms with E-state index >= 15 is 0 Å². The molecule has 21 heavy (non-hydrogen) atoms. The summed E-state index contributed by atoms with van der Waals surface area (Å²) >= 11 is 5.88. The molecular formula is C12H13ClN4O3S. The smallest absolute Gasteiger partial charge is 0.263 e. The normalized spacial score (nSPS) is 11.1. The van der Waals surface area contributed by atoms with Crippen LogP contribution in [0.1, 0.15) is 6.92 Å².